The van der Waals surface area contributed by atoms with Crippen LogP contribution in [0.15, 0.2) is 18.2 Å². The van der Waals surface area contributed by atoms with Gasteiger partial charge in [0.2, 0.25) is 0 Å². The first-order valence-corrected chi connectivity index (χ1v) is 3.72. The van der Waals surface area contributed by atoms with Crippen LogP contribution in [0.25, 0.3) is 0 Å². The maximum absolute atomic E-state index is 10.6. The summed E-state index contributed by atoms with van der Waals surface area (Å²) in [5.74, 6) is -0.647. The number of benzene rings is 1. The molecule has 0 unspecified atom stereocenters. The number of ether oxygens (including phenoxy) is 1. The van der Waals surface area contributed by atoms with E-state index in [0.29, 0.717) is 5.75 Å². The molecule has 2 N–H and O–H groups in total. The van der Waals surface area contributed by atoms with Gasteiger partial charge in [-0.3, -0.25) is 0 Å². The number of aliphatic hydroxyl groups excluding tert-OH is 1. The smallest absolute Gasteiger partial charge is 0.335 e. The first-order chi connectivity index (χ1) is 6.13. The largest absolute Gasteiger partial charge is 0.478 e. The molecule has 0 bridgehead atoms. The third-order valence-electron chi connectivity index (χ3n) is 1.53. The molecule has 0 spiro atoms. The molecule has 0 fully saturated rings. The van der Waals surface area contributed by atoms with Crippen LogP contribution >= 0.6 is 0 Å². The number of aliphatic hydroxyl groups is 1. The van der Waals surface area contributed by atoms with Crippen LogP contribution in [0.1, 0.15) is 15.9 Å². The van der Waals surface area contributed by atoms with Gasteiger partial charge >= 0.3 is 5.97 Å². The zero-order valence-corrected chi connectivity index (χ0v) is 7.15. The maximum atomic E-state index is 10.6. The monoisotopic (exact) mass is 182 g/mol. The number of aromatic carboxylic acids is 1. The molecule has 1 rings (SSSR count). The molecule has 1 aromatic carbocycles. The summed E-state index contributed by atoms with van der Waals surface area (Å²) in [4.78, 5) is 10.6. The molecule has 0 saturated heterocycles. The Morgan fingerprint density at radius 3 is 2.69 bits per heavy atom. The normalized spacial score (nSPS) is 9.69. The Balaban J connectivity index is 3.03. The average molecular weight is 182 g/mol. The minimum atomic E-state index is -1.01. The van der Waals surface area contributed by atoms with Crippen molar-refractivity contribution in [1.29, 1.82) is 0 Å². The Hall–Kier alpha value is -1.55. The van der Waals surface area contributed by atoms with Gasteiger partial charge < -0.3 is 14.9 Å². The van der Waals surface area contributed by atoms with Crippen molar-refractivity contribution in [2.24, 2.45) is 0 Å². The van der Waals surface area contributed by atoms with E-state index in [1.165, 1.54) is 12.1 Å². The number of hydrogen-bond acceptors (Lipinski definition) is 3. The summed E-state index contributed by atoms with van der Waals surface area (Å²) < 4.78 is 4.77. The van der Waals surface area contributed by atoms with E-state index in [-0.39, 0.29) is 5.56 Å². The summed E-state index contributed by atoms with van der Waals surface area (Å²) in [7, 11) is 0. The van der Waals surface area contributed by atoms with Gasteiger partial charge in [0.25, 0.3) is 0 Å². The highest BCUT2D eigenvalue weighted by Gasteiger charge is 2.05. The van der Waals surface area contributed by atoms with Crippen LogP contribution in [-0.4, -0.2) is 23.0 Å². The molecule has 0 radical (unpaired) electrons. The summed E-state index contributed by atoms with van der Waals surface area (Å²) >= 11 is 0. The van der Waals surface area contributed by atoms with Crippen molar-refractivity contribution >= 4 is 5.97 Å². The summed E-state index contributed by atoms with van der Waals surface area (Å²) in [6.45, 7) is 1.30. The van der Waals surface area contributed by atoms with Crippen molar-refractivity contribution in [3.05, 3.63) is 29.3 Å². The Labute approximate surface area is 75.4 Å². The predicted octanol–water partition coefficient (Wildman–Crippen LogP) is 1.02. The third-order valence-corrected chi connectivity index (χ3v) is 1.53. The molecule has 4 heteroatoms. The Kier molecular flexibility index (Phi) is 2.87. The predicted molar refractivity (Wildman–Crippen MR) is 45.9 cm³/mol. The van der Waals surface area contributed by atoms with Gasteiger partial charge in [-0.05, 0) is 30.7 Å². The zero-order valence-electron chi connectivity index (χ0n) is 7.15. The van der Waals surface area contributed by atoms with Crippen molar-refractivity contribution in [2.75, 3.05) is 6.79 Å². The van der Waals surface area contributed by atoms with E-state index in [1.807, 2.05) is 0 Å². The minimum Gasteiger partial charge on any atom is -0.478 e. The van der Waals surface area contributed by atoms with Crippen molar-refractivity contribution in [1.82, 2.24) is 0 Å². The van der Waals surface area contributed by atoms with Gasteiger partial charge in [0.15, 0.2) is 6.79 Å². The van der Waals surface area contributed by atoms with Gasteiger partial charge in [-0.1, -0.05) is 0 Å². The molecule has 0 aliphatic carbocycles. The number of carboxylic acid groups (broad SMARTS) is 1. The number of carbonyl (C=O) groups is 1. The second-order valence-corrected chi connectivity index (χ2v) is 2.61. The van der Waals surface area contributed by atoms with E-state index in [1.54, 1.807) is 13.0 Å². The molecule has 0 amide bonds. The lowest BCUT2D eigenvalue weighted by atomic mass is 10.1. The van der Waals surface area contributed by atoms with Gasteiger partial charge in [0.05, 0.1) is 5.56 Å². The molecular weight excluding hydrogens is 172 g/mol. The van der Waals surface area contributed by atoms with Gasteiger partial charge in [-0.25, -0.2) is 4.79 Å². The highest BCUT2D eigenvalue weighted by atomic mass is 16.6. The van der Waals surface area contributed by atoms with E-state index in [2.05, 4.69) is 0 Å². The number of hydrogen-bond donors (Lipinski definition) is 2. The first-order valence-electron chi connectivity index (χ1n) is 3.72. The van der Waals surface area contributed by atoms with Crippen molar-refractivity contribution in [3.8, 4) is 5.75 Å². The van der Waals surface area contributed by atoms with Crippen LogP contribution in [0, 0.1) is 6.92 Å². The molecule has 13 heavy (non-hydrogen) atoms. The van der Waals surface area contributed by atoms with Gasteiger partial charge in [0, 0.05) is 0 Å². The van der Waals surface area contributed by atoms with E-state index in [4.69, 9.17) is 14.9 Å². The van der Waals surface area contributed by atoms with Crippen molar-refractivity contribution < 1.29 is 19.7 Å². The van der Waals surface area contributed by atoms with Crippen LogP contribution in [0.5, 0.6) is 5.75 Å². The second-order valence-electron chi connectivity index (χ2n) is 2.61. The molecule has 0 aliphatic heterocycles. The quantitative estimate of drug-likeness (QED) is 0.685. The SMILES string of the molecule is Cc1cc(OCO)cc(C(=O)O)c1. The summed E-state index contributed by atoms with van der Waals surface area (Å²) in [5, 5.41) is 17.2. The van der Waals surface area contributed by atoms with Crippen molar-refractivity contribution in [3.63, 3.8) is 0 Å². The maximum Gasteiger partial charge on any atom is 0.335 e. The lowest BCUT2D eigenvalue weighted by Gasteiger charge is -2.04. The molecule has 0 aromatic heterocycles. The second kappa shape index (κ2) is 3.91. The Morgan fingerprint density at radius 2 is 2.15 bits per heavy atom. The van der Waals surface area contributed by atoms with Crippen molar-refractivity contribution in [2.45, 2.75) is 6.92 Å². The standard InChI is InChI=1S/C9H10O4/c1-6-2-7(9(11)12)4-8(3-6)13-5-10/h2-4,10H,5H2,1H3,(H,11,12). The molecule has 70 valence electrons. The third kappa shape index (κ3) is 2.45. The summed E-state index contributed by atoms with van der Waals surface area (Å²) in [5.41, 5.74) is 0.937. The fraction of sp³-hybridized carbons (Fsp3) is 0.222. The molecule has 0 heterocycles. The van der Waals surface area contributed by atoms with Gasteiger partial charge in [-0.2, -0.15) is 0 Å². The average Bonchev–Trinajstić information content (AvgIpc) is 2.03. The van der Waals surface area contributed by atoms with Crippen LogP contribution in [0.2, 0.25) is 0 Å². The fourth-order valence-corrected chi connectivity index (χ4v) is 1.03. The highest BCUT2D eigenvalue weighted by Crippen LogP contribution is 2.16. The van der Waals surface area contributed by atoms with Crippen LogP contribution in [0.3, 0.4) is 0 Å². The van der Waals surface area contributed by atoms with Crippen LogP contribution < -0.4 is 4.74 Å². The highest BCUT2D eigenvalue weighted by molar-refractivity contribution is 5.88. The van der Waals surface area contributed by atoms with Crippen LogP contribution in [-0.2, 0) is 0 Å². The van der Waals surface area contributed by atoms with Gasteiger partial charge in [-0.15, -0.1) is 0 Å². The molecule has 0 aliphatic rings. The van der Waals surface area contributed by atoms with Gasteiger partial charge in [0.1, 0.15) is 5.75 Å². The van der Waals surface area contributed by atoms with E-state index < -0.39 is 12.8 Å². The lowest BCUT2D eigenvalue weighted by molar-refractivity contribution is 0.0693. The molecule has 4 nitrogen and oxygen atoms in total. The Bertz CT molecular complexity index is 319. The molecular formula is C9H10O4. The number of rotatable bonds is 3. The lowest BCUT2D eigenvalue weighted by Crippen LogP contribution is -2.00. The fourth-order valence-electron chi connectivity index (χ4n) is 1.03. The molecule has 0 saturated carbocycles. The Morgan fingerprint density at radius 1 is 1.46 bits per heavy atom. The molecule has 0 atom stereocenters. The topological polar surface area (TPSA) is 66.8 Å². The zero-order chi connectivity index (χ0) is 9.84. The summed E-state index contributed by atoms with van der Waals surface area (Å²) in [6, 6.07) is 4.56. The van der Waals surface area contributed by atoms with Crippen LogP contribution in [0.4, 0.5) is 0 Å². The minimum absolute atomic E-state index is 0.156. The number of aryl methyl sites for hydroxylation is 1. The summed E-state index contributed by atoms with van der Waals surface area (Å²) in [6.07, 6.45) is 0. The van der Waals surface area contributed by atoms with E-state index >= 15 is 0 Å². The first kappa shape index (κ1) is 9.54. The van der Waals surface area contributed by atoms with E-state index in [0.717, 1.165) is 5.56 Å². The van der Waals surface area contributed by atoms with E-state index in [9.17, 15) is 4.79 Å². The number of carboxylic acids is 1. The molecule has 1 aromatic rings.